The smallest absolute Gasteiger partial charge is 0.242 e. The first-order valence-electron chi connectivity index (χ1n) is 3.71. The number of likely N-dealkylation sites (N-methyl/N-ethyl adjacent to an activating group) is 1. The van der Waals surface area contributed by atoms with Crippen molar-refractivity contribution in [2.75, 3.05) is 33.2 Å². The maximum atomic E-state index is 9.00. The fraction of sp³-hybridized carbons (Fsp3) is 0.833. The van der Waals surface area contributed by atoms with Gasteiger partial charge in [0, 0.05) is 26.2 Å². The van der Waals surface area contributed by atoms with Crippen molar-refractivity contribution in [3.05, 3.63) is 0 Å². The number of hydrogen-bond donors (Lipinski definition) is 2. The van der Waals surface area contributed by atoms with Crippen LogP contribution in [-0.2, 0) is 0 Å². The van der Waals surface area contributed by atoms with Gasteiger partial charge in [-0.15, -0.1) is 0 Å². The second-order valence-electron chi connectivity index (χ2n) is 2.57. The summed E-state index contributed by atoms with van der Waals surface area (Å²) in [4.78, 5) is 11.3. The van der Waals surface area contributed by atoms with Gasteiger partial charge in [0.15, 0.2) is 0 Å². The molecule has 1 rings (SSSR count). The summed E-state index contributed by atoms with van der Waals surface area (Å²) in [6.45, 7) is 4.74. The summed E-state index contributed by atoms with van der Waals surface area (Å²) in [6, 6.07) is 0. The van der Waals surface area contributed by atoms with E-state index in [1.165, 1.54) is 13.1 Å². The molecule has 0 spiro atoms. The third kappa shape index (κ3) is 9.45. The monoisotopic (exact) mass is 158 g/mol. The van der Waals surface area contributed by atoms with E-state index >= 15 is 0 Å². The van der Waals surface area contributed by atoms with Crippen LogP contribution in [0, 0.1) is 0 Å². The lowest BCUT2D eigenvalue weighted by atomic mass is 10.2. The highest BCUT2D eigenvalue weighted by atomic mass is 16.4. The minimum atomic E-state index is -0.833. The molecule has 4 nitrogen and oxygen atoms in total. The fourth-order valence-electron chi connectivity index (χ4n) is 0.777. The van der Waals surface area contributed by atoms with Crippen molar-refractivity contribution < 1.29 is 9.90 Å². The summed E-state index contributed by atoms with van der Waals surface area (Å²) in [5.74, 6) is -0.833. The zero-order valence-corrected chi connectivity index (χ0v) is 7.13. The summed E-state index contributed by atoms with van der Waals surface area (Å²) in [5, 5.41) is 10.7. The second kappa shape index (κ2) is 6.18. The fourth-order valence-corrected chi connectivity index (χ4v) is 0.777. The molecule has 1 fully saturated rings. The zero-order valence-electron chi connectivity index (χ0n) is 7.13. The van der Waals surface area contributed by atoms with Crippen LogP contribution in [0.2, 0.25) is 0 Å². The number of rotatable bonds is 0. The Morgan fingerprint density at radius 1 is 1.55 bits per heavy atom. The number of hydrogen-bond acceptors (Lipinski definition) is 3. The van der Waals surface area contributed by atoms with Gasteiger partial charge in [0.25, 0.3) is 0 Å². The van der Waals surface area contributed by atoms with Crippen molar-refractivity contribution in [1.29, 1.82) is 0 Å². The van der Waals surface area contributed by atoms with Crippen LogP contribution < -0.4 is 5.32 Å². The summed E-state index contributed by atoms with van der Waals surface area (Å²) in [5.41, 5.74) is 0. The Morgan fingerprint density at radius 2 is 1.91 bits per heavy atom. The Morgan fingerprint density at radius 3 is 2.09 bits per heavy atom. The first kappa shape index (κ1) is 10.5. The second-order valence-corrected chi connectivity index (χ2v) is 2.57. The van der Waals surface area contributed by atoms with Crippen LogP contribution in [0.1, 0.15) is 0 Å². The van der Waals surface area contributed by atoms with Crippen molar-refractivity contribution in [2.24, 2.45) is 0 Å². The number of carbonyl (C=O) groups is 1. The lowest BCUT2D eigenvalue weighted by Gasteiger charge is -2.21. The van der Waals surface area contributed by atoms with Gasteiger partial charge in [-0.25, -0.2) is 0 Å². The Labute approximate surface area is 68.0 Å². The highest BCUT2D eigenvalue weighted by Crippen LogP contribution is 1.82. The van der Waals surface area contributed by atoms with Crippen LogP contribution in [0.25, 0.3) is 0 Å². The van der Waals surface area contributed by atoms with Gasteiger partial charge in [0.1, 0.15) is 0 Å². The largest absolute Gasteiger partial charge is 0.490 e. The van der Waals surface area contributed by atoms with Crippen LogP contribution in [0.5, 0.6) is 0 Å². The van der Waals surface area contributed by atoms with Crippen LogP contribution in [0.15, 0.2) is 0 Å². The van der Waals surface area contributed by atoms with E-state index in [2.05, 4.69) is 17.3 Å². The van der Waals surface area contributed by atoms with Crippen LogP contribution in [0.3, 0.4) is 0 Å². The topological polar surface area (TPSA) is 52.6 Å². The van der Waals surface area contributed by atoms with E-state index in [9.17, 15) is 0 Å². The van der Waals surface area contributed by atoms with Crippen molar-refractivity contribution in [3.8, 4) is 0 Å². The molecule has 0 aliphatic carbocycles. The normalized spacial score (nSPS) is 18.3. The molecule has 1 saturated heterocycles. The van der Waals surface area contributed by atoms with Crippen LogP contribution in [0.4, 0.5) is 4.79 Å². The molecule has 64 valence electrons. The van der Waals surface area contributed by atoms with Gasteiger partial charge < -0.3 is 15.3 Å². The molecule has 1 aliphatic heterocycles. The SMILES string of the molecule is BC(=O)O.CN1CCNCC1. The van der Waals surface area contributed by atoms with Crippen molar-refractivity contribution in [3.63, 3.8) is 0 Å². The Balaban J connectivity index is 0.000000218. The van der Waals surface area contributed by atoms with Gasteiger partial charge in [-0.3, -0.25) is 4.79 Å². The summed E-state index contributed by atoms with van der Waals surface area (Å²) >= 11 is 0. The van der Waals surface area contributed by atoms with E-state index < -0.39 is 5.87 Å². The molecular formula is C6H15BN2O2. The minimum Gasteiger partial charge on any atom is -0.490 e. The first-order chi connectivity index (χ1) is 5.13. The van der Waals surface area contributed by atoms with Gasteiger partial charge in [0.05, 0.1) is 0 Å². The maximum Gasteiger partial charge on any atom is 0.242 e. The van der Waals surface area contributed by atoms with Crippen molar-refractivity contribution in [2.45, 2.75) is 0 Å². The Bertz CT molecular complexity index is 111. The molecule has 0 unspecified atom stereocenters. The van der Waals surface area contributed by atoms with Crippen molar-refractivity contribution in [1.82, 2.24) is 10.2 Å². The number of carboxylic acid groups (broad SMARTS) is 1. The molecule has 0 radical (unpaired) electrons. The number of nitrogens with one attached hydrogen (secondary N) is 1. The Kier molecular flexibility index (Phi) is 5.88. The van der Waals surface area contributed by atoms with Gasteiger partial charge >= 0.3 is 0 Å². The van der Waals surface area contributed by atoms with Crippen LogP contribution in [-0.4, -0.2) is 56.9 Å². The maximum absolute atomic E-state index is 9.00. The lowest BCUT2D eigenvalue weighted by Crippen LogP contribution is -2.40. The highest BCUT2D eigenvalue weighted by Gasteiger charge is 2.01. The molecule has 1 heterocycles. The minimum absolute atomic E-state index is 0.833. The molecule has 2 N–H and O–H groups in total. The third-order valence-electron chi connectivity index (χ3n) is 1.34. The van der Waals surface area contributed by atoms with Crippen LogP contribution >= 0.6 is 0 Å². The molecule has 0 aromatic carbocycles. The predicted molar refractivity (Wildman–Crippen MR) is 46.9 cm³/mol. The van der Waals surface area contributed by atoms with E-state index in [0.29, 0.717) is 0 Å². The highest BCUT2D eigenvalue weighted by molar-refractivity contribution is 6.54. The molecule has 0 atom stereocenters. The molecule has 0 aromatic rings. The third-order valence-corrected chi connectivity index (χ3v) is 1.34. The molecule has 11 heavy (non-hydrogen) atoms. The van der Waals surface area contributed by atoms with Gasteiger partial charge in [0.2, 0.25) is 13.7 Å². The summed E-state index contributed by atoms with van der Waals surface area (Å²) < 4.78 is 0. The summed E-state index contributed by atoms with van der Waals surface area (Å²) in [6.07, 6.45) is 0. The molecule has 0 saturated carbocycles. The van der Waals surface area contributed by atoms with E-state index in [4.69, 9.17) is 9.90 Å². The van der Waals surface area contributed by atoms with Crippen molar-refractivity contribution >= 4 is 13.7 Å². The average Bonchev–Trinajstić information content (AvgIpc) is 1.87. The molecule has 0 aromatic heterocycles. The number of nitrogens with zero attached hydrogens (tertiary/aromatic N) is 1. The van der Waals surface area contributed by atoms with Gasteiger partial charge in [-0.05, 0) is 7.05 Å². The Hall–Kier alpha value is -0.545. The summed E-state index contributed by atoms with van der Waals surface area (Å²) in [7, 11) is 3.24. The van der Waals surface area contributed by atoms with Gasteiger partial charge in [-0.1, -0.05) is 0 Å². The van der Waals surface area contributed by atoms with E-state index in [1.807, 2.05) is 0 Å². The first-order valence-corrected chi connectivity index (χ1v) is 3.71. The molecule has 1 aliphatic rings. The van der Waals surface area contributed by atoms with E-state index in [1.54, 1.807) is 0 Å². The number of piperazine rings is 1. The van der Waals surface area contributed by atoms with E-state index in [-0.39, 0.29) is 0 Å². The molecular weight excluding hydrogens is 143 g/mol. The van der Waals surface area contributed by atoms with E-state index in [0.717, 1.165) is 20.9 Å². The average molecular weight is 158 g/mol. The quantitative estimate of drug-likeness (QED) is 0.435. The van der Waals surface area contributed by atoms with Gasteiger partial charge in [-0.2, -0.15) is 0 Å². The molecule has 0 bridgehead atoms. The molecule has 5 heteroatoms. The standard InChI is InChI=1S/C5H12N2.CH3BO2/c1-7-4-2-6-3-5-7;2-1(3)4/h6H,2-5H2,1H3;2H2,(H,3,4). The molecule has 0 amide bonds. The lowest BCUT2D eigenvalue weighted by molar-refractivity contribution is 0.220. The zero-order chi connectivity index (χ0) is 8.69. The predicted octanol–water partition coefficient (Wildman–Crippen LogP) is -1.18.